The number of methoxy groups -OCH3 is 1. The Labute approximate surface area is 186 Å². The van der Waals surface area contributed by atoms with Crippen LogP contribution < -0.4 is 15.8 Å². The van der Waals surface area contributed by atoms with Gasteiger partial charge in [0.05, 0.1) is 18.4 Å². The molecule has 0 spiro atoms. The van der Waals surface area contributed by atoms with Crippen LogP contribution in [0.3, 0.4) is 0 Å². The summed E-state index contributed by atoms with van der Waals surface area (Å²) in [6.07, 6.45) is 4.45. The molecule has 2 amide bonds. The molecule has 1 aliphatic rings. The van der Waals surface area contributed by atoms with Crippen LogP contribution in [-0.4, -0.2) is 25.5 Å². The van der Waals surface area contributed by atoms with E-state index in [0.717, 1.165) is 52.6 Å². The number of nitrogens with one attached hydrogen (secondary N) is 1. The third-order valence-corrected chi connectivity index (χ3v) is 7.40. The lowest BCUT2D eigenvalue weighted by molar-refractivity contribution is -0.120. The first-order valence-electron chi connectivity index (χ1n) is 10.8. The Morgan fingerprint density at radius 1 is 1.10 bits per heavy atom. The van der Waals surface area contributed by atoms with Gasteiger partial charge in [0.25, 0.3) is 5.91 Å². The van der Waals surface area contributed by atoms with Gasteiger partial charge in [0.2, 0.25) is 5.91 Å². The summed E-state index contributed by atoms with van der Waals surface area (Å²) >= 11 is 1.50. The molecule has 1 fully saturated rings. The molecule has 6 heteroatoms. The summed E-state index contributed by atoms with van der Waals surface area (Å²) in [5.41, 5.74) is 7.77. The van der Waals surface area contributed by atoms with Crippen LogP contribution in [0.15, 0.2) is 48.5 Å². The van der Waals surface area contributed by atoms with Crippen molar-refractivity contribution in [1.29, 1.82) is 0 Å². The molecule has 3 N–H and O–H groups in total. The minimum absolute atomic E-state index is 0.0372. The predicted molar refractivity (Wildman–Crippen MR) is 125 cm³/mol. The smallest absolute Gasteiger partial charge is 0.259 e. The molecule has 1 aliphatic carbocycles. The highest BCUT2D eigenvalue weighted by Gasteiger charge is 2.28. The Morgan fingerprint density at radius 2 is 1.87 bits per heavy atom. The second-order valence-electron chi connectivity index (χ2n) is 8.26. The van der Waals surface area contributed by atoms with Crippen molar-refractivity contribution >= 4 is 33.2 Å². The van der Waals surface area contributed by atoms with Gasteiger partial charge in [-0.2, -0.15) is 0 Å². The highest BCUT2D eigenvalue weighted by molar-refractivity contribution is 7.21. The molecule has 1 saturated carbocycles. The van der Waals surface area contributed by atoms with Crippen molar-refractivity contribution < 1.29 is 14.3 Å². The summed E-state index contributed by atoms with van der Waals surface area (Å²) < 4.78 is 6.35. The van der Waals surface area contributed by atoms with Crippen molar-refractivity contribution in [3.63, 3.8) is 0 Å². The zero-order valence-electron chi connectivity index (χ0n) is 17.7. The number of nitrogens with two attached hydrogens (primary N) is 1. The Balaban J connectivity index is 1.33. The average molecular weight is 437 g/mol. The summed E-state index contributed by atoms with van der Waals surface area (Å²) in [4.78, 5) is 25.1. The van der Waals surface area contributed by atoms with Gasteiger partial charge in [0.1, 0.15) is 5.75 Å². The first kappa shape index (κ1) is 21.4. The first-order valence-corrected chi connectivity index (χ1v) is 11.6. The van der Waals surface area contributed by atoms with E-state index in [4.69, 9.17) is 10.5 Å². The molecule has 0 saturated heterocycles. The van der Waals surface area contributed by atoms with Gasteiger partial charge >= 0.3 is 0 Å². The third kappa shape index (κ3) is 4.90. The van der Waals surface area contributed by atoms with Crippen LogP contribution in [0, 0.1) is 5.92 Å². The topological polar surface area (TPSA) is 81.4 Å². The molecular formula is C25H28N2O3S. The molecule has 0 atom stereocenters. The van der Waals surface area contributed by atoms with E-state index in [1.54, 1.807) is 7.11 Å². The van der Waals surface area contributed by atoms with Crippen LogP contribution in [0.2, 0.25) is 0 Å². The maximum atomic E-state index is 12.4. The van der Waals surface area contributed by atoms with Gasteiger partial charge in [-0.1, -0.05) is 30.3 Å². The van der Waals surface area contributed by atoms with Gasteiger partial charge < -0.3 is 15.8 Å². The standard InChI is InChI=1S/C25H28N2O3S/c1-30-19-6-4-5-17(13-19)14-22(28)27-15-16-9-11-18(12-10-16)23-20-7-2-3-8-21(20)31-24(23)25(26)29/h2-8,13,16,18H,9-12,14-15H2,1H3,(H2,26,29)(H,27,28). The van der Waals surface area contributed by atoms with Gasteiger partial charge in [0, 0.05) is 11.2 Å². The number of carbonyl (C=O) groups excluding carboxylic acids is 2. The molecule has 5 nitrogen and oxygen atoms in total. The fourth-order valence-electron chi connectivity index (χ4n) is 4.60. The maximum Gasteiger partial charge on any atom is 0.259 e. The van der Waals surface area contributed by atoms with Gasteiger partial charge in [-0.3, -0.25) is 9.59 Å². The van der Waals surface area contributed by atoms with E-state index in [1.165, 1.54) is 11.3 Å². The zero-order chi connectivity index (χ0) is 21.8. The van der Waals surface area contributed by atoms with Crippen molar-refractivity contribution in [2.45, 2.75) is 38.0 Å². The first-order chi connectivity index (χ1) is 15.0. The lowest BCUT2D eigenvalue weighted by Gasteiger charge is -2.29. The molecule has 2 aromatic carbocycles. The normalized spacial score (nSPS) is 18.6. The molecule has 0 unspecified atom stereocenters. The number of primary amides is 1. The number of thiophene rings is 1. The number of ether oxygens (including phenoxy) is 1. The van der Waals surface area contributed by atoms with Gasteiger partial charge in [-0.05, 0) is 72.2 Å². The van der Waals surface area contributed by atoms with Crippen LogP contribution >= 0.6 is 11.3 Å². The SMILES string of the molecule is COc1cccc(CC(=O)NCC2CCC(c3c(C(N)=O)sc4ccccc34)CC2)c1. The number of fused-ring (bicyclic) bond motifs is 1. The number of hydrogen-bond acceptors (Lipinski definition) is 4. The van der Waals surface area contributed by atoms with Crippen LogP contribution in [0.25, 0.3) is 10.1 Å². The van der Waals surface area contributed by atoms with E-state index in [9.17, 15) is 9.59 Å². The molecule has 0 bridgehead atoms. The Bertz CT molecular complexity index is 1080. The summed E-state index contributed by atoms with van der Waals surface area (Å²) in [5, 5.41) is 4.26. The van der Waals surface area contributed by atoms with E-state index >= 15 is 0 Å². The van der Waals surface area contributed by atoms with Crippen LogP contribution in [0.5, 0.6) is 5.75 Å². The van der Waals surface area contributed by atoms with E-state index in [0.29, 0.717) is 29.7 Å². The van der Waals surface area contributed by atoms with Crippen LogP contribution in [-0.2, 0) is 11.2 Å². The van der Waals surface area contributed by atoms with Crippen molar-refractivity contribution in [1.82, 2.24) is 5.32 Å². The molecule has 0 aliphatic heterocycles. The maximum absolute atomic E-state index is 12.4. The number of rotatable bonds is 7. The van der Waals surface area contributed by atoms with E-state index in [1.807, 2.05) is 36.4 Å². The van der Waals surface area contributed by atoms with Crippen molar-refractivity contribution in [3.05, 3.63) is 64.5 Å². The van der Waals surface area contributed by atoms with Gasteiger partial charge in [-0.15, -0.1) is 11.3 Å². The molecule has 4 rings (SSSR count). The Hall–Kier alpha value is -2.86. The van der Waals surface area contributed by atoms with Gasteiger partial charge in [-0.25, -0.2) is 0 Å². The number of hydrogen-bond donors (Lipinski definition) is 2. The lowest BCUT2D eigenvalue weighted by atomic mass is 9.77. The van der Waals surface area contributed by atoms with Crippen LogP contribution in [0.1, 0.15) is 52.4 Å². The highest BCUT2D eigenvalue weighted by atomic mass is 32.1. The van der Waals surface area contributed by atoms with E-state index in [2.05, 4.69) is 17.4 Å². The molecule has 3 aromatic rings. The fraction of sp³-hybridized carbons (Fsp3) is 0.360. The quantitative estimate of drug-likeness (QED) is 0.566. The molecule has 0 radical (unpaired) electrons. The van der Waals surface area contributed by atoms with Crippen LogP contribution in [0.4, 0.5) is 0 Å². The molecule has 162 valence electrons. The number of carbonyl (C=O) groups is 2. The molecule has 1 heterocycles. The third-order valence-electron chi connectivity index (χ3n) is 6.20. The summed E-state index contributed by atoms with van der Waals surface area (Å²) in [5.74, 6) is 1.29. The van der Waals surface area contributed by atoms with E-state index in [-0.39, 0.29) is 11.8 Å². The summed E-state index contributed by atoms with van der Waals surface area (Å²) in [7, 11) is 1.63. The second-order valence-corrected chi connectivity index (χ2v) is 9.31. The van der Waals surface area contributed by atoms with Gasteiger partial charge in [0.15, 0.2) is 0 Å². The summed E-state index contributed by atoms with van der Waals surface area (Å²) in [6, 6.07) is 15.8. The zero-order valence-corrected chi connectivity index (χ0v) is 18.5. The van der Waals surface area contributed by atoms with E-state index < -0.39 is 0 Å². The van der Waals surface area contributed by atoms with Crippen molar-refractivity contribution in [2.24, 2.45) is 11.7 Å². The molecule has 1 aromatic heterocycles. The minimum atomic E-state index is -0.330. The lowest BCUT2D eigenvalue weighted by Crippen LogP contribution is -2.32. The fourth-order valence-corrected chi connectivity index (χ4v) is 5.74. The molecular weight excluding hydrogens is 408 g/mol. The number of benzene rings is 2. The monoisotopic (exact) mass is 436 g/mol. The highest BCUT2D eigenvalue weighted by Crippen LogP contribution is 2.43. The summed E-state index contributed by atoms with van der Waals surface area (Å²) in [6.45, 7) is 0.697. The average Bonchev–Trinajstić information content (AvgIpc) is 3.18. The largest absolute Gasteiger partial charge is 0.497 e. The Kier molecular flexibility index (Phi) is 6.56. The minimum Gasteiger partial charge on any atom is -0.497 e. The van der Waals surface area contributed by atoms with Crippen molar-refractivity contribution in [3.8, 4) is 5.75 Å². The van der Waals surface area contributed by atoms with Crippen molar-refractivity contribution in [2.75, 3.05) is 13.7 Å². The predicted octanol–water partition coefficient (Wildman–Crippen LogP) is 4.64. The number of amides is 2. The molecule has 31 heavy (non-hydrogen) atoms. The second kappa shape index (κ2) is 9.52. The Morgan fingerprint density at radius 3 is 2.61 bits per heavy atom.